The number of rotatable bonds is 5. The lowest BCUT2D eigenvalue weighted by Crippen LogP contribution is -2.31. The van der Waals surface area contributed by atoms with Crippen molar-refractivity contribution in [3.05, 3.63) is 63.3 Å². The molecule has 2 unspecified atom stereocenters. The van der Waals surface area contributed by atoms with E-state index < -0.39 is 6.10 Å². The van der Waals surface area contributed by atoms with Crippen LogP contribution in [0.25, 0.3) is 0 Å². The van der Waals surface area contributed by atoms with E-state index in [0.717, 1.165) is 25.0 Å². The predicted molar refractivity (Wildman–Crippen MR) is 92.1 cm³/mol. The molecule has 2 atom stereocenters. The summed E-state index contributed by atoms with van der Waals surface area (Å²) in [6.07, 6.45) is 3.93. The molecule has 0 saturated heterocycles. The van der Waals surface area contributed by atoms with Crippen LogP contribution in [0.1, 0.15) is 41.3 Å². The highest BCUT2D eigenvalue weighted by Crippen LogP contribution is 2.32. The van der Waals surface area contributed by atoms with Gasteiger partial charge in [-0.25, -0.2) is 4.98 Å². The van der Waals surface area contributed by atoms with Gasteiger partial charge < -0.3 is 9.84 Å². The molecule has 24 heavy (non-hydrogen) atoms. The highest BCUT2D eigenvalue weighted by Gasteiger charge is 2.21. The Balaban J connectivity index is 1.62. The Hall–Kier alpha value is -1.98. The summed E-state index contributed by atoms with van der Waals surface area (Å²) in [7, 11) is 0. The number of hydrogen-bond donors (Lipinski definition) is 1. The topological polar surface area (TPSA) is 64.3 Å². The van der Waals surface area contributed by atoms with Crippen molar-refractivity contribution in [1.82, 2.24) is 9.55 Å². The second-order valence-corrected chi connectivity index (χ2v) is 6.48. The van der Waals surface area contributed by atoms with Crippen molar-refractivity contribution >= 4 is 0 Å². The summed E-state index contributed by atoms with van der Waals surface area (Å²) in [5.41, 5.74) is 3.79. The van der Waals surface area contributed by atoms with Gasteiger partial charge in [-0.1, -0.05) is 24.3 Å². The summed E-state index contributed by atoms with van der Waals surface area (Å²) in [5, 5.41) is 10.3. The molecule has 0 spiro atoms. The van der Waals surface area contributed by atoms with Crippen LogP contribution >= 0.6 is 0 Å². The number of aryl methyl sites for hydroxylation is 2. The first kappa shape index (κ1) is 16.9. The lowest BCUT2D eigenvalue weighted by atomic mass is 9.89. The number of nitrogens with zero attached hydrogens (tertiary/aromatic N) is 2. The normalized spacial score (nSPS) is 18.2. The second kappa shape index (κ2) is 7.28. The van der Waals surface area contributed by atoms with Gasteiger partial charge in [-0.3, -0.25) is 9.36 Å². The minimum atomic E-state index is -0.735. The average Bonchev–Trinajstić information content (AvgIpc) is 2.60. The molecule has 1 aliphatic carbocycles. The Kier molecular flexibility index (Phi) is 5.11. The van der Waals surface area contributed by atoms with Crippen LogP contribution in [0, 0.1) is 13.8 Å². The van der Waals surface area contributed by atoms with Gasteiger partial charge in [0.15, 0.2) is 0 Å². The Labute approximate surface area is 141 Å². The monoisotopic (exact) mass is 328 g/mol. The Morgan fingerprint density at radius 3 is 3.00 bits per heavy atom. The number of aliphatic hydroxyl groups excluding tert-OH is 1. The Morgan fingerprint density at radius 2 is 2.17 bits per heavy atom. The lowest BCUT2D eigenvalue weighted by molar-refractivity contribution is -0.0229. The van der Waals surface area contributed by atoms with E-state index in [0.29, 0.717) is 5.56 Å². The highest BCUT2D eigenvalue weighted by molar-refractivity contribution is 5.31. The van der Waals surface area contributed by atoms with Gasteiger partial charge in [0.05, 0.1) is 31.7 Å². The largest absolute Gasteiger partial charge is 0.389 e. The van der Waals surface area contributed by atoms with Crippen LogP contribution < -0.4 is 5.56 Å². The van der Waals surface area contributed by atoms with Crippen molar-refractivity contribution in [2.24, 2.45) is 0 Å². The molecular formula is C19H24N2O3. The minimum Gasteiger partial charge on any atom is -0.389 e. The van der Waals surface area contributed by atoms with Crippen LogP contribution in [0.4, 0.5) is 0 Å². The van der Waals surface area contributed by atoms with E-state index >= 15 is 0 Å². The number of hydrogen-bond acceptors (Lipinski definition) is 4. The SMILES string of the molecule is Cc1ncn(CC(O)COC2CCCc3ccccc32)c(=O)c1C. The van der Waals surface area contributed by atoms with Crippen molar-refractivity contribution in [3.63, 3.8) is 0 Å². The zero-order chi connectivity index (χ0) is 17.1. The van der Waals surface area contributed by atoms with Crippen molar-refractivity contribution in [2.75, 3.05) is 6.61 Å². The minimum absolute atomic E-state index is 0.0270. The first-order chi connectivity index (χ1) is 11.6. The van der Waals surface area contributed by atoms with E-state index in [1.807, 2.05) is 6.07 Å². The van der Waals surface area contributed by atoms with Crippen LogP contribution in [0.5, 0.6) is 0 Å². The van der Waals surface area contributed by atoms with Crippen molar-refractivity contribution < 1.29 is 9.84 Å². The first-order valence-corrected chi connectivity index (χ1v) is 8.46. The number of aliphatic hydroxyl groups is 1. The number of benzene rings is 1. The summed E-state index contributed by atoms with van der Waals surface area (Å²) in [6, 6.07) is 8.32. The molecule has 128 valence electrons. The molecular weight excluding hydrogens is 304 g/mol. The summed E-state index contributed by atoms with van der Waals surface area (Å²) in [4.78, 5) is 16.3. The summed E-state index contributed by atoms with van der Waals surface area (Å²) >= 11 is 0. The molecule has 1 N–H and O–H groups in total. The van der Waals surface area contributed by atoms with Crippen molar-refractivity contribution in [1.29, 1.82) is 0 Å². The van der Waals surface area contributed by atoms with Gasteiger partial charge in [-0.15, -0.1) is 0 Å². The summed E-state index contributed by atoms with van der Waals surface area (Å²) in [6.45, 7) is 3.96. The fourth-order valence-corrected chi connectivity index (χ4v) is 3.20. The molecule has 1 aromatic heterocycles. The lowest BCUT2D eigenvalue weighted by Gasteiger charge is -2.26. The predicted octanol–water partition coefficient (Wildman–Crippen LogP) is 2.32. The van der Waals surface area contributed by atoms with Gasteiger partial charge >= 0.3 is 0 Å². The maximum Gasteiger partial charge on any atom is 0.256 e. The standard InChI is InChI=1S/C19H24N2O3/c1-13-14(2)20-12-21(19(13)23)10-16(22)11-24-18-9-5-7-15-6-3-4-8-17(15)18/h3-4,6,8,12,16,18,22H,5,7,9-11H2,1-2H3. The fourth-order valence-electron chi connectivity index (χ4n) is 3.20. The maximum atomic E-state index is 12.2. The second-order valence-electron chi connectivity index (χ2n) is 6.48. The third-order valence-electron chi connectivity index (χ3n) is 4.73. The van der Waals surface area contributed by atoms with Gasteiger partial charge in [-0.2, -0.15) is 0 Å². The third kappa shape index (κ3) is 3.57. The van der Waals surface area contributed by atoms with E-state index in [4.69, 9.17) is 4.74 Å². The summed E-state index contributed by atoms with van der Waals surface area (Å²) < 4.78 is 7.40. The highest BCUT2D eigenvalue weighted by atomic mass is 16.5. The molecule has 2 aromatic rings. The molecule has 0 bridgehead atoms. The van der Waals surface area contributed by atoms with Gasteiger partial charge in [0.25, 0.3) is 5.56 Å². The molecule has 0 amide bonds. The van der Waals surface area contributed by atoms with Gasteiger partial charge in [-0.05, 0) is 44.2 Å². The molecule has 1 heterocycles. The molecule has 5 nitrogen and oxygen atoms in total. The molecule has 3 rings (SSSR count). The maximum absolute atomic E-state index is 12.2. The van der Waals surface area contributed by atoms with Crippen molar-refractivity contribution in [2.45, 2.75) is 51.9 Å². The molecule has 1 aliphatic rings. The van der Waals surface area contributed by atoms with E-state index in [9.17, 15) is 9.90 Å². The van der Waals surface area contributed by atoms with E-state index in [1.54, 1.807) is 13.8 Å². The number of fused-ring (bicyclic) bond motifs is 1. The van der Waals surface area contributed by atoms with Crippen LogP contribution in [-0.4, -0.2) is 27.4 Å². The van der Waals surface area contributed by atoms with Gasteiger partial charge in [0, 0.05) is 11.3 Å². The molecule has 0 saturated carbocycles. The number of aromatic nitrogens is 2. The average molecular weight is 328 g/mol. The summed E-state index contributed by atoms with van der Waals surface area (Å²) in [5.74, 6) is 0. The first-order valence-electron chi connectivity index (χ1n) is 8.46. The Bertz CT molecular complexity index is 769. The van der Waals surface area contributed by atoms with Gasteiger partial charge in [0.1, 0.15) is 0 Å². The van der Waals surface area contributed by atoms with Crippen molar-refractivity contribution in [3.8, 4) is 0 Å². The third-order valence-corrected chi connectivity index (χ3v) is 4.73. The van der Waals surface area contributed by atoms with Crippen LogP contribution in [0.3, 0.4) is 0 Å². The van der Waals surface area contributed by atoms with E-state index in [2.05, 4.69) is 23.2 Å². The van der Waals surface area contributed by atoms with Gasteiger partial charge in [0.2, 0.25) is 0 Å². The van der Waals surface area contributed by atoms with Crippen LogP contribution in [0.2, 0.25) is 0 Å². The fraction of sp³-hybridized carbons (Fsp3) is 0.474. The molecule has 1 aromatic carbocycles. The number of ether oxygens (including phenoxy) is 1. The smallest absolute Gasteiger partial charge is 0.256 e. The molecule has 0 radical (unpaired) electrons. The van der Waals surface area contributed by atoms with E-state index in [1.165, 1.54) is 22.0 Å². The molecule has 0 aliphatic heterocycles. The Morgan fingerprint density at radius 1 is 1.38 bits per heavy atom. The molecule has 5 heteroatoms. The molecule has 0 fully saturated rings. The van der Waals surface area contributed by atoms with Crippen LogP contribution in [-0.2, 0) is 17.7 Å². The van der Waals surface area contributed by atoms with E-state index in [-0.39, 0.29) is 24.8 Å². The van der Waals surface area contributed by atoms with Crippen LogP contribution in [0.15, 0.2) is 35.4 Å². The zero-order valence-electron chi connectivity index (χ0n) is 14.2. The quantitative estimate of drug-likeness (QED) is 0.915. The zero-order valence-corrected chi connectivity index (χ0v) is 14.2.